The van der Waals surface area contributed by atoms with Crippen molar-refractivity contribution >= 4 is 35.5 Å². The van der Waals surface area contributed by atoms with Gasteiger partial charge in [-0.25, -0.2) is 0 Å². The van der Waals surface area contributed by atoms with Crippen LogP contribution in [0.1, 0.15) is 6.92 Å². The van der Waals surface area contributed by atoms with Crippen LogP contribution in [0, 0.1) is 0 Å². The van der Waals surface area contributed by atoms with Crippen LogP contribution >= 0.6 is 0 Å². The topological polar surface area (TPSA) is 43.1 Å². The fraction of sp³-hybridized carbons (Fsp3) is 0.250. The van der Waals surface area contributed by atoms with E-state index in [2.05, 4.69) is 5.73 Å². The number of allylic oxidation sites excluding steroid dienone is 1. The standard InChI is InChI=1S/C4H7NO.Na.H/c1-2-3-4(5)6;;/h2-3H,1H3,(H2,5,6);;. The van der Waals surface area contributed by atoms with Gasteiger partial charge in [-0.15, -0.1) is 0 Å². The Bertz CT molecular complexity index is 79.8. The van der Waals surface area contributed by atoms with Gasteiger partial charge in [0.25, 0.3) is 0 Å². The predicted molar refractivity (Wildman–Crippen MR) is 31.2 cm³/mol. The first-order chi connectivity index (χ1) is 2.77. The van der Waals surface area contributed by atoms with E-state index < -0.39 is 5.91 Å². The third kappa shape index (κ3) is 10.7. The zero-order valence-corrected chi connectivity index (χ0v) is 3.64. The summed E-state index contributed by atoms with van der Waals surface area (Å²) in [6.45, 7) is 1.74. The Morgan fingerprint density at radius 2 is 2.14 bits per heavy atom. The molecule has 2 nitrogen and oxygen atoms in total. The summed E-state index contributed by atoms with van der Waals surface area (Å²) < 4.78 is 0. The summed E-state index contributed by atoms with van der Waals surface area (Å²) in [5, 5.41) is 0. The van der Waals surface area contributed by atoms with E-state index in [0.717, 1.165) is 0 Å². The van der Waals surface area contributed by atoms with Crippen LogP contribution in [-0.2, 0) is 4.79 Å². The zero-order valence-electron chi connectivity index (χ0n) is 3.64. The molecule has 0 aliphatic carbocycles. The average Bonchev–Trinajstić information content (AvgIpc) is 1.35. The molecule has 0 radical (unpaired) electrons. The minimum absolute atomic E-state index is 0. The summed E-state index contributed by atoms with van der Waals surface area (Å²) in [4.78, 5) is 9.73. The molecule has 0 aliphatic heterocycles. The van der Waals surface area contributed by atoms with Gasteiger partial charge in [-0.2, -0.15) is 0 Å². The van der Waals surface area contributed by atoms with E-state index >= 15 is 0 Å². The normalized spacial score (nSPS) is 8.14. The average molecular weight is 109 g/mol. The molecule has 0 fully saturated rings. The second kappa shape index (κ2) is 6.21. The number of amides is 1. The summed E-state index contributed by atoms with van der Waals surface area (Å²) >= 11 is 0. The van der Waals surface area contributed by atoms with Crippen molar-refractivity contribution in [3.63, 3.8) is 0 Å². The molecule has 0 saturated carbocycles. The molecule has 0 saturated heterocycles. The van der Waals surface area contributed by atoms with Crippen LogP contribution in [0.5, 0.6) is 0 Å². The first-order valence-corrected chi connectivity index (χ1v) is 1.69. The molecular formula is C4H8NNaO. The Hall–Kier alpha value is 0.210. The van der Waals surface area contributed by atoms with Crippen molar-refractivity contribution in [1.29, 1.82) is 0 Å². The molecule has 0 aromatic heterocycles. The minimum atomic E-state index is -0.391. The fourth-order valence-electron chi connectivity index (χ4n) is 0.164. The maximum absolute atomic E-state index is 9.73. The third-order valence-corrected chi connectivity index (χ3v) is 0.331. The van der Waals surface area contributed by atoms with Crippen molar-refractivity contribution in [2.24, 2.45) is 5.73 Å². The van der Waals surface area contributed by atoms with Gasteiger partial charge in [0.2, 0.25) is 5.91 Å². The fourth-order valence-corrected chi connectivity index (χ4v) is 0.164. The molecule has 0 atom stereocenters. The first-order valence-electron chi connectivity index (χ1n) is 1.69. The Kier molecular flexibility index (Phi) is 9.09. The molecule has 0 bridgehead atoms. The molecule has 0 aromatic rings. The van der Waals surface area contributed by atoms with E-state index in [4.69, 9.17) is 0 Å². The van der Waals surface area contributed by atoms with Crippen LogP contribution in [0.4, 0.5) is 0 Å². The number of nitrogens with two attached hydrogens (primary N) is 1. The number of carbonyl (C=O) groups excluding carboxylic acids is 1. The quantitative estimate of drug-likeness (QED) is 0.354. The van der Waals surface area contributed by atoms with E-state index in [1.54, 1.807) is 13.0 Å². The van der Waals surface area contributed by atoms with Gasteiger partial charge < -0.3 is 5.73 Å². The Labute approximate surface area is 65.1 Å². The molecule has 2 N–H and O–H groups in total. The van der Waals surface area contributed by atoms with E-state index in [9.17, 15) is 4.79 Å². The number of hydrogen-bond acceptors (Lipinski definition) is 1. The SMILES string of the molecule is CC=CC(N)=O.[NaH]. The molecule has 0 spiro atoms. The van der Waals surface area contributed by atoms with Crippen molar-refractivity contribution in [1.82, 2.24) is 0 Å². The first kappa shape index (κ1) is 10.2. The summed E-state index contributed by atoms with van der Waals surface area (Å²) in [5.41, 5.74) is 4.68. The summed E-state index contributed by atoms with van der Waals surface area (Å²) in [7, 11) is 0. The van der Waals surface area contributed by atoms with Crippen molar-refractivity contribution in [3.05, 3.63) is 12.2 Å². The monoisotopic (exact) mass is 109 g/mol. The molecule has 36 valence electrons. The third-order valence-electron chi connectivity index (χ3n) is 0.331. The number of primary amides is 1. The maximum atomic E-state index is 9.73. The van der Waals surface area contributed by atoms with E-state index in [-0.39, 0.29) is 29.6 Å². The zero-order chi connectivity index (χ0) is 4.99. The van der Waals surface area contributed by atoms with Gasteiger partial charge in [0.1, 0.15) is 0 Å². The van der Waals surface area contributed by atoms with Crippen molar-refractivity contribution in [2.45, 2.75) is 6.92 Å². The van der Waals surface area contributed by atoms with Gasteiger partial charge in [-0.05, 0) is 13.0 Å². The second-order valence-corrected chi connectivity index (χ2v) is 0.902. The van der Waals surface area contributed by atoms with E-state index in [1.165, 1.54) is 6.08 Å². The molecule has 0 heterocycles. The molecule has 0 aliphatic rings. The molecule has 7 heavy (non-hydrogen) atoms. The second-order valence-electron chi connectivity index (χ2n) is 0.902. The van der Waals surface area contributed by atoms with E-state index in [1.807, 2.05) is 0 Å². The van der Waals surface area contributed by atoms with Crippen LogP contribution in [0.2, 0.25) is 0 Å². The van der Waals surface area contributed by atoms with Gasteiger partial charge in [-0.3, -0.25) is 4.79 Å². The van der Waals surface area contributed by atoms with Gasteiger partial charge >= 0.3 is 29.6 Å². The van der Waals surface area contributed by atoms with Gasteiger partial charge in [0, 0.05) is 0 Å². The van der Waals surface area contributed by atoms with Crippen LogP contribution in [0.15, 0.2) is 12.2 Å². The number of carbonyl (C=O) groups is 1. The molecule has 0 rings (SSSR count). The van der Waals surface area contributed by atoms with Crippen LogP contribution in [0.3, 0.4) is 0 Å². The summed E-state index contributed by atoms with van der Waals surface area (Å²) in [6, 6.07) is 0. The van der Waals surface area contributed by atoms with Crippen LogP contribution < -0.4 is 5.73 Å². The van der Waals surface area contributed by atoms with Crippen molar-refractivity contribution in [2.75, 3.05) is 0 Å². The Morgan fingerprint density at radius 3 is 2.14 bits per heavy atom. The molecule has 3 heteroatoms. The van der Waals surface area contributed by atoms with Gasteiger partial charge in [-0.1, -0.05) is 6.08 Å². The number of rotatable bonds is 1. The van der Waals surface area contributed by atoms with E-state index in [0.29, 0.717) is 0 Å². The molecule has 1 amide bonds. The number of hydrogen-bond donors (Lipinski definition) is 1. The Balaban J connectivity index is 0. The van der Waals surface area contributed by atoms with Gasteiger partial charge in [0.15, 0.2) is 0 Å². The molecule has 0 aromatic carbocycles. The Morgan fingerprint density at radius 1 is 1.71 bits per heavy atom. The van der Waals surface area contributed by atoms with Gasteiger partial charge in [0.05, 0.1) is 0 Å². The van der Waals surface area contributed by atoms with Crippen LogP contribution in [-0.4, -0.2) is 35.5 Å². The summed E-state index contributed by atoms with van der Waals surface area (Å²) in [5.74, 6) is -0.391. The summed E-state index contributed by atoms with van der Waals surface area (Å²) in [6.07, 6.45) is 2.91. The molecular weight excluding hydrogens is 101 g/mol. The predicted octanol–water partition coefficient (Wildman–Crippen LogP) is -0.601. The van der Waals surface area contributed by atoms with Crippen LogP contribution in [0.25, 0.3) is 0 Å². The van der Waals surface area contributed by atoms with Crippen molar-refractivity contribution < 1.29 is 4.79 Å². The molecule has 0 unspecified atom stereocenters. The van der Waals surface area contributed by atoms with Crippen molar-refractivity contribution in [3.8, 4) is 0 Å².